The molecule has 0 aliphatic carbocycles. The lowest BCUT2D eigenvalue weighted by Gasteiger charge is -2.33. The van der Waals surface area contributed by atoms with Crippen LogP contribution in [0, 0.1) is 15.3 Å². The van der Waals surface area contributed by atoms with Gasteiger partial charge in [-0.15, -0.1) is 5.10 Å². The van der Waals surface area contributed by atoms with Crippen LogP contribution in [0.4, 0.5) is 23.2 Å². The summed E-state index contributed by atoms with van der Waals surface area (Å²) >= 11 is 2.08. The minimum absolute atomic E-state index is 0.0549. The maximum atomic E-state index is 14.5. The highest BCUT2D eigenvalue weighted by atomic mass is 127. The van der Waals surface area contributed by atoms with Gasteiger partial charge in [-0.05, 0) is 70.5 Å². The largest absolute Gasteiger partial charge is 0.496 e. The molecule has 2 aliphatic heterocycles. The number of nitrogens with zero attached hydrogens (tertiary/aromatic N) is 4. The summed E-state index contributed by atoms with van der Waals surface area (Å²) in [4.78, 5) is 14.2. The van der Waals surface area contributed by atoms with Crippen molar-refractivity contribution in [2.24, 2.45) is 21.4 Å². The van der Waals surface area contributed by atoms with Gasteiger partial charge in [0.15, 0.2) is 5.54 Å². The molecule has 4 rings (SSSR count). The molecule has 2 heterocycles. The summed E-state index contributed by atoms with van der Waals surface area (Å²) in [6.07, 6.45) is -3.21. The van der Waals surface area contributed by atoms with E-state index in [9.17, 15) is 22.4 Å². The fourth-order valence-electron chi connectivity index (χ4n) is 4.16. The molecule has 0 N–H and O–H groups in total. The molecule has 2 unspecified atom stereocenters. The number of amides is 1. The van der Waals surface area contributed by atoms with Crippen LogP contribution in [0.25, 0.3) is 0 Å². The van der Waals surface area contributed by atoms with Gasteiger partial charge in [0.05, 0.1) is 28.5 Å². The molecule has 0 spiro atoms. The number of carbonyl (C=O) groups is 1. The standard InChI is InChI=1S/C21H17F4IN4O2/c1-32-18-9-12(5-8-16(18)26)20(10-27-29-28-20)14-7-6-13-15(22)3-2-4-17(13)30(19(14)31)11-21(23,24)25/h2-5,8-10,14H,6-7,11H2,1H3. The van der Waals surface area contributed by atoms with Crippen LogP contribution in [0.2, 0.25) is 0 Å². The number of benzene rings is 2. The summed E-state index contributed by atoms with van der Waals surface area (Å²) in [5.41, 5.74) is -0.958. The summed E-state index contributed by atoms with van der Waals surface area (Å²) < 4.78 is 61.0. The van der Waals surface area contributed by atoms with Crippen molar-refractivity contribution in [2.45, 2.75) is 24.6 Å². The zero-order valence-electron chi connectivity index (χ0n) is 16.7. The van der Waals surface area contributed by atoms with E-state index in [1.165, 1.54) is 31.5 Å². The van der Waals surface area contributed by atoms with Crippen molar-refractivity contribution in [3.8, 4) is 5.75 Å². The number of anilines is 1. The Morgan fingerprint density at radius 1 is 1.28 bits per heavy atom. The fourth-order valence-corrected chi connectivity index (χ4v) is 4.71. The fraction of sp³-hybridized carbons (Fsp3) is 0.333. The number of ether oxygens (including phenoxy) is 1. The van der Waals surface area contributed by atoms with Gasteiger partial charge in [0.1, 0.15) is 18.1 Å². The van der Waals surface area contributed by atoms with E-state index < -0.39 is 35.9 Å². The van der Waals surface area contributed by atoms with Gasteiger partial charge in [-0.2, -0.15) is 18.3 Å². The molecule has 2 aromatic carbocycles. The molecule has 2 aliphatic rings. The Balaban J connectivity index is 1.85. The Kier molecular flexibility index (Phi) is 5.94. The second kappa shape index (κ2) is 8.41. The summed E-state index contributed by atoms with van der Waals surface area (Å²) in [6.45, 7) is -1.54. The highest BCUT2D eigenvalue weighted by Crippen LogP contribution is 2.44. The number of rotatable bonds is 4. The molecule has 0 aromatic heterocycles. The van der Waals surface area contributed by atoms with Crippen molar-refractivity contribution in [3.05, 3.63) is 56.9 Å². The number of hydrogen-bond acceptors (Lipinski definition) is 5. The smallest absolute Gasteiger partial charge is 0.406 e. The van der Waals surface area contributed by atoms with Crippen molar-refractivity contribution in [3.63, 3.8) is 0 Å². The summed E-state index contributed by atoms with van der Waals surface area (Å²) in [5.74, 6) is -2.05. The first kappa shape index (κ1) is 22.6. The van der Waals surface area contributed by atoms with E-state index in [0.717, 1.165) is 3.57 Å². The van der Waals surface area contributed by atoms with E-state index in [1.54, 1.807) is 18.2 Å². The average molecular weight is 560 g/mol. The Bertz CT molecular complexity index is 1110. The maximum absolute atomic E-state index is 14.5. The van der Waals surface area contributed by atoms with Crippen molar-refractivity contribution in [2.75, 3.05) is 18.6 Å². The minimum atomic E-state index is -4.68. The van der Waals surface area contributed by atoms with Crippen LogP contribution < -0.4 is 9.64 Å². The first-order chi connectivity index (χ1) is 15.2. The number of halogens is 5. The van der Waals surface area contributed by atoms with Gasteiger partial charge in [-0.25, -0.2) is 4.39 Å². The van der Waals surface area contributed by atoms with Gasteiger partial charge < -0.3 is 9.64 Å². The lowest BCUT2D eigenvalue weighted by atomic mass is 9.76. The zero-order valence-corrected chi connectivity index (χ0v) is 18.9. The van der Waals surface area contributed by atoms with E-state index in [0.29, 0.717) is 16.2 Å². The maximum Gasteiger partial charge on any atom is 0.406 e. The minimum Gasteiger partial charge on any atom is -0.496 e. The molecule has 2 aromatic rings. The van der Waals surface area contributed by atoms with E-state index in [1.807, 2.05) is 0 Å². The molecule has 168 valence electrons. The van der Waals surface area contributed by atoms with Gasteiger partial charge in [-0.3, -0.25) is 4.79 Å². The molecule has 0 bridgehead atoms. The van der Waals surface area contributed by atoms with Crippen LogP contribution in [0.5, 0.6) is 5.75 Å². The van der Waals surface area contributed by atoms with Crippen molar-refractivity contribution < 1.29 is 27.1 Å². The number of hydrogen-bond donors (Lipinski definition) is 0. The second-order valence-electron chi connectivity index (χ2n) is 7.48. The van der Waals surface area contributed by atoms with Gasteiger partial charge in [0.2, 0.25) is 5.91 Å². The summed E-state index contributed by atoms with van der Waals surface area (Å²) in [5, 5.41) is 11.7. The lowest BCUT2D eigenvalue weighted by molar-refractivity contribution is -0.135. The predicted octanol–water partition coefficient (Wildman–Crippen LogP) is 5.24. The average Bonchev–Trinajstić information content (AvgIpc) is 3.18. The molecule has 6 nitrogen and oxygen atoms in total. The predicted molar refractivity (Wildman–Crippen MR) is 117 cm³/mol. The van der Waals surface area contributed by atoms with E-state index in [4.69, 9.17) is 4.74 Å². The second-order valence-corrected chi connectivity index (χ2v) is 8.64. The topological polar surface area (TPSA) is 66.6 Å². The molecule has 1 amide bonds. The van der Waals surface area contributed by atoms with Crippen molar-refractivity contribution >= 4 is 40.4 Å². The monoisotopic (exact) mass is 560 g/mol. The van der Waals surface area contributed by atoms with E-state index in [2.05, 4.69) is 38.0 Å². The first-order valence-corrected chi connectivity index (χ1v) is 10.7. The molecule has 11 heteroatoms. The van der Waals surface area contributed by atoms with Gasteiger partial charge in [-0.1, -0.05) is 12.1 Å². The first-order valence-electron chi connectivity index (χ1n) is 9.62. The van der Waals surface area contributed by atoms with Crippen molar-refractivity contribution in [1.82, 2.24) is 0 Å². The number of alkyl halides is 3. The highest BCUT2D eigenvalue weighted by Gasteiger charge is 2.50. The molecule has 2 atom stereocenters. The molecule has 0 saturated carbocycles. The summed E-state index contributed by atoms with van der Waals surface area (Å²) in [6, 6.07) is 8.92. The Hall–Kier alpha value is -2.57. The van der Waals surface area contributed by atoms with Gasteiger partial charge in [0.25, 0.3) is 0 Å². The molecule has 0 saturated heterocycles. The Morgan fingerprint density at radius 3 is 2.72 bits per heavy atom. The lowest BCUT2D eigenvalue weighted by Crippen LogP contribution is -2.48. The highest BCUT2D eigenvalue weighted by molar-refractivity contribution is 14.1. The van der Waals surface area contributed by atoms with Crippen LogP contribution >= 0.6 is 22.6 Å². The van der Waals surface area contributed by atoms with Crippen LogP contribution in [-0.2, 0) is 16.8 Å². The number of carbonyl (C=O) groups excluding carboxylic acids is 1. The third-order valence-corrected chi connectivity index (χ3v) is 6.52. The Morgan fingerprint density at radius 2 is 2.06 bits per heavy atom. The molecule has 0 radical (unpaired) electrons. The zero-order chi connectivity index (χ0) is 23.1. The van der Waals surface area contributed by atoms with Crippen molar-refractivity contribution in [1.29, 1.82) is 0 Å². The van der Waals surface area contributed by atoms with Crippen LogP contribution in [0.15, 0.2) is 51.8 Å². The third-order valence-electron chi connectivity index (χ3n) is 5.63. The molecular formula is C21H17F4IN4O2. The van der Waals surface area contributed by atoms with Gasteiger partial charge >= 0.3 is 6.18 Å². The Labute approximate surface area is 194 Å². The van der Waals surface area contributed by atoms with E-state index in [-0.39, 0.29) is 24.1 Å². The summed E-state index contributed by atoms with van der Waals surface area (Å²) in [7, 11) is 1.49. The third kappa shape index (κ3) is 3.97. The number of methoxy groups -OCH3 is 1. The normalized spacial score (nSPS) is 22.8. The SMILES string of the molecule is COc1cc(C2(C3CCc4c(F)cccc4N(CC(F)(F)F)C3=O)C=NN=N2)ccc1I. The molecule has 32 heavy (non-hydrogen) atoms. The number of fused-ring (bicyclic) bond motifs is 1. The van der Waals surface area contributed by atoms with Crippen LogP contribution in [0.3, 0.4) is 0 Å². The quantitative estimate of drug-likeness (QED) is 0.379. The van der Waals surface area contributed by atoms with Crippen LogP contribution in [-0.4, -0.2) is 32.0 Å². The van der Waals surface area contributed by atoms with Gasteiger partial charge in [0, 0.05) is 5.56 Å². The van der Waals surface area contributed by atoms with Crippen LogP contribution in [0.1, 0.15) is 17.5 Å². The van der Waals surface area contributed by atoms with E-state index >= 15 is 0 Å². The molecular weight excluding hydrogens is 543 g/mol. The molecule has 0 fully saturated rings.